The Kier molecular flexibility index (Phi) is 6.00. The maximum atomic E-state index is 13.4. The normalized spacial score (nSPS) is 17.7. The number of hydrogen-bond acceptors (Lipinski definition) is 4. The highest BCUT2D eigenvalue weighted by Crippen LogP contribution is 2.32. The van der Waals surface area contributed by atoms with Crippen molar-refractivity contribution in [3.8, 4) is 16.9 Å². The lowest BCUT2D eigenvalue weighted by molar-refractivity contribution is -0.122. The Balaban J connectivity index is 2.00. The first-order chi connectivity index (χ1) is 13.3. The van der Waals surface area contributed by atoms with Crippen LogP contribution in [0.25, 0.3) is 11.1 Å². The van der Waals surface area contributed by atoms with E-state index < -0.39 is 16.1 Å². The number of aryl methyl sites for hydroxylation is 1. The van der Waals surface area contributed by atoms with E-state index >= 15 is 0 Å². The molecule has 28 heavy (non-hydrogen) atoms. The molecule has 8 heteroatoms. The number of methoxy groups -OCH3 is 1. The highest BCUT2D eigenvalue weighted by atomic mass is 32.2. The van der Waals surface area contributed by atoms with Crippen LogP contribution in [-0.2, 0) is 14.8 Å². The van der Waals surface area contributed by atoms with E-state index in [1.54, 1.807) is 25.1 Å². The van der Waals surface area contributed by atoms with Gasteiger partial charge in [-0.05, 0) is 67.1 Å². The molecule has 1 aliphatic heterocycles. The first-order valence-corrected chi connectivity index (χ1v) is 10.5. The topological polar surface area (TPSA) is 84.5 Å². The molecule has 0 spiro atoms. The Morgan fingerprint density at radius 3 is 2.68 bits per heavy atom. The summed E-state index contributed by atoms with van der Waals surface area (Å²) in [6, 6.07) is 8.26. The Morgan fingerprint density at radius 2 is 1.96 bits per heavy atom. The van der Waals surface area contributed by atoms with Gasteiger partial charge in [0, 0.05) is 6.54 Å². The molecule has 1 amide bonds. The van der Waals surface area contributed by atoms with E-state index in [9.17, 15) is 17.6 Å². The lowest BCUT2D eigenvalue weighted by atomic mass is 10.0. The fourth-order valence-corrected chi connectivity index (χ4v) is 4.73. The Bertz CT molecular complexity index is 992. The number of sulfonamides is 1. The lowest BCUT2D eigenvalue weighted by Crippen LogP contribution is -2.45. The van der Waals surface area contributed by atoms with Crippen LogP contribution >= 0.6 is 0 Å². The molecular weight excluding hydrogens is 383 g/mol. The van der Waals surface area contributed by atoms with Crippen LogP contribution in [0.5, 0.6) is 5.75 Å². The van der Waals surface area contributed by atoms with Gasteiger partial charge in [-0.1, -0.05) is 12.1 Å². The van der Waals surface area contributed by atoms with Gasteiger partial charge in [-0.3, -0.25) is 4.79 Å². The number of ether oxygens (including phenoxy) is 1. The summed E-state index contributed by atoms with van der Waals surface area (Å²) in [6.45, 7) is 2.30. The molecule has 150 valence electrons. The maximum Gasteiger partial charge on any atom is 0.245 e. The van der Waals surface area contributed by atoms with E-state index in [1.165, 1.54) is 25.3 Å². The summed E-state index contributed by atoms with van der Waals surface area (Å²) in [5.41, 5.74) is 2.02. The second-order valence-corrected chi connectivity index (χ2v) is 8.47. The average Bonchev–Trinajstić information content (AvgIpc) is 2.85. The molecule has 6 nitrogen and oxygen atoms in total. The monoisotopic (exact) mass is 406 g/mol. The minimum absolute atomic E-state index is 0.0618. The third-order valence-electron chi connectivity index (χ3n) is 4.79. The van der Waals surface area contributed by atoms with E-state index in [1.807, 2.05) is 0 Å². The van der Waals surface area contributed by atoms with Crippen molar-refractivity contribution in [1.82, 2.24) is 10.0 Å². The van der Waals surface area contributed by atoms with Crippen LogP contribution in [0.2, 0.25) is 0 Å². The summed E-state index contributed by atoms with van der Waals surface area (Å²) in [6.07, 6.45) is 1.99. The molecule has 1 atom stereocenters. The van der Waals surface area contributed by atoms with Crippen LogP contribution in [0.3, 0.4) is 0 Å². The zero-order valence-electron chi connectivity index (χ0n) is 15.8. The molecule has 2 aromatic rings. The van der Waals surface area contributed by atoms with Gasteiger partial charge in [0.25, 0.3) is 0 Å². The molecular formula is C20H23FN2O4S. The van der Waals surface area contributed by atoms with Gasteiger partial charge in [0.2, 0.25) is 15.9 Å². The standard InChI is InChI=1S/C20H23FN2O4S/c1-13-11-15(21)7-8-16(13)14-6-9-18(27-2)19(12-14)28(25,26)23-17-5-3-4-10-22-20(17)24/h6-9,11-12,17,23H,3-5,10H2,1-2H3,(H,22,24)/t17-/m1/s1. The fourth-order valence-electron chi connectivity index (χ4n) is 3.31. The van der Waals surface area contributed by atoms with Crippen molar-refractivity contribution in [3.05, 3.63) is 47.8 Å². The SMILES string of the molecule is COc1ccc(-c2ccc(F)cc2C)cc1S(=O)(=O)N[C@@H]1CCCCNC1=O. The van der Waals surface area contributed by atoms with Crippen molar-refractivity contribution in [3.63, 3.8) is 0 Å². The fraction of sp³-hybridized carbons (Fsp3) is 0.350. The van der Waals surface area contributed by atoms with Crippen LogP contribution in [0.15, 0.2) is 41.3 Å². The van der Waals surface area contributed by atoms with Gasteiger partial charge in [0.05, 0.1) is 7.11 Å². The molecule has 0 bridgehead atoms. The molecule has 2 aromatic carbocycles. The molecule has 2 N–H and O–H groups in total. The minimum Gasteiger partial charge on any atom is -0.495 e. The zero-order valence-corrected chi connectivity index (χ0v) is 16.6. The molecule has 0 saturated carbocycles. The van der Waals surface area contributed by atoms with Crippen molar-refractivity contribution < 1.29 is 22.3 Å². The van der Waals surface area contributed by atoms with Gasteiger partial charge in [0.15, 0.2) is 0 Å². The summed E-state index contributed by atoms with van der Waals surface area (Å²) in [5.74, 6) is -0.515. The van der Waals surface area contributed by atoms with Gasteiger partial charge >= 0.3 is 0 Å². The highest BCUT2D eigenvalue weighted by Gasteiger charge is 2.29. The Labute approximate surface area is 164 Å². The third-order valence-corrected chi connectivity index (χ3v) is 6.28. The van der Waals surface area contributed by atoms with Gasteiger partial charge in [-0.2, -0.15) is 4.72 Å². The number of nitrogens with one attached hydrogen (secondary N) is 2. The summed E-state index contributed by atoms with van der Waals surface area (Å²) in [5, 5.41) is 2.71. The predicted molar refractivity (Wildman–Crippen MR) is 104 cm³/mol. The summed E-state index contributed by atoms with van der Waals surface area (Å²) in [4.78, 5) is 12.1. The molecule has 0 aliphatic carbocycles. The Morgan fingerprint density at radius 1 is 1.18 bits per heavy atom. The number of benzene rings is 2. The van der Waals surface area contributed by atoms with Crippen molar-refractivity contribution in [1.29, 1.82) is 0 Å². The number of rotatable bonds is 5. The number of amides is 1. The van der Waals surface area contributed by atoms with Crippen LogP contribution in [0, 0.1) is 12.7 Å². The Hall–Kier alpha value is -2.45. The number of halogens is 1. The van der Waals surface area contributed by atoms with Crippen molar-refractivity contribution in [2.24, 2.45) is 0 Å². The molecule has 1 fully saturated rings. The van der Waals surface area contributed by atoms with Gasteiger partial charge in [-0.15, -0.1) is 0 Å². The molecule has 1 saturated heterocycles. The molecule has 1 aliphatic rings. The highest BCUT2D eigenvalue weighted by molar-refractivity contribution is 7.89. The van der Waals surface area contributed by atoms with Gasteiger partial charge < -0.3 is 10.1 Å². The van der Waals surface area contributed by atoms with E-state index in [2.05, 4.69) is 10.0 Å². The molecule has 1 heterocycles. The van der Waals surface area contributed by atoms with Crippen molar-refractivity contribution >= 4 is 15.9 Å². The first-order valence-electron chi connectivity index (χ1n) is 9.06. The van der Waals surface area contributed by atoms with E-state index in [4.69, 9.17) is 4.74 Å². The number of carbonyl (C=O) groups is 1. The second-order valence-electron chi connectivity index (χ2n) is 6.79. The summed E-state index contributed by atoms with van der Waals surface area (Å²) in [7, 11) is -2.63. The van der Waals surface area contributed by atoms with Crippen LogP contribution in [-0.4, -0.2) is 34.0 Å². The molecule has 0 unspecified atom stereocenters. The van der Waals surface area contributed by atoms with Crippen molar-refractivity contribution in [2.75, 3.05) is 13.7 Å². The quantitative estimate of drug-likeness (QED) is 0.800. The molecule has 0 aromatic heterocycles. The van der Waals surface area contributed by atoms with Crippen LogP contribution in [0.4, 0.5) is 4.39 Å². The first kappa shape index (κ1) is 20.3. The van der Waals surface area contributed by atoms with Crippen molar-refractivity contribution in [2.45, 2.75) is 37.1 Å². The summed E-state index contributed by atoms with van der Waals surface area (Å²) < 4.78 is 47.2. The van der Waals surface area contributed by atoms with E-state index in [-0.39, 0.29) is 22.4 Å². The predicted octanol–water partition coefficient (Wildman–Crippen LogP) is 2.76. The largest absolute Gasteiger partial charge is 0.495 e. The van der Waals surface area contributed by atoms with E-state index in [0.717, 1.165) is 12.8 Å². The van der Waals surface area contributed by atoms with Crippen LogP contribution in [0.1, 0.15) is 24.8 Å². The maximum absolute atomic E-state index is 13.4. The minimum atomic E-state index is -4.01. The summed E-state index contributed by atoms with van der Waals surface area (Å²) >= 11 is 0. The van der Waals surface area contributed by atoms with Gasteiger partial charge in [-0.25, -0.2) is 12.8 Å². The second kappa shape index (κ2) is 8.28. The lowest BCUT2D eigenvalue weighted by Gasteiger charge is -2.18. The number of carbonyl (C=O) groups excluding carboxylic acids is 1. The average molecular weight is 406 g/mol. The zero-order chi connectivity index (χ0) is 20.3. The smallest absolute Gasteiger partial charge is 0.245 e. The molecule has 3 rings (SSSR count). The molecule has 0 radical (unpaired) electrons. The van der Waals surface area contributed by atoms with Gasteiger partial charge in [0.1, 0.15) is 22.5 Å². The third kappa shape index (κ3) is 4.34. The van der Waals surface area contributed by atoms with E-state index in [0.29, 0.717) is 29.7 Å². The van der Waals surface area contributed by atoms with Crippen LogP contribution < -0.4 is 14.8 Å². The number of hydrogen-bond donors (Lipinski definition) is 2.